The monoisotopic (exact) mass is 572 g/mol. The molecule has 1 aliphatic heterocycles. The number of barbiturate groups is 1. The first-order valence-electron chi connectivity index (χ1n) is 10.6. The summed E-state index contributed by atoms with van der Waals surface area (Å²) < 4.78 is 25.0. The Morgan fingerprint density at radius 1 is 1.08 bits per heavy atom. The van der Waals surface area contributed by atoms with E-state index < -0.39 is 17.8 Å². The van der Waals surface area contributed by atoms with Crippen LogP contribution in [0.1, 0.15) is 16.7 Å². The van der Waals surface area contributed by atoms with Gasteiger partial charge in [0.2, 0.25) is 0 Å². The quantitative estimate of drug-likeness (QED) is 0.297. The lowest BCUT2D eigenvalue weighted by atomic mass is 10.1. The van der Waals surface area contributed by atoms with Crippen molar-refractivity contribution in [3.05, 3.63) is 92.2 Å². The Morgan fingerprint density at radius 3 is 2.50 bits per heavy atom. The molecule has 3 aromatic carbocycles. The van der Waals surface area contributed by atoms with E-state index >= 15 is 0 Å². The fourth-order valence-corrected chi connectivity index (χ4v) is 4.31. The van der Waals surface area contributed by atoms with Crippen LogP contribution < -0.4 is 19.7 Å². The third-order valence-corrected chi connectivity index (χ3v) is 6.20. The van der Waals surface area contributed by atoms with Crippen molar-refractivity contribution in [3.63, 3.8) is 0 Å². The number of anilines is 1. The molecule has 1 N–H and O–H groups in total. The van der Waals surface area contributed by atoms with Gasteiger partial charge in [0.05, 0.1) is 17.3 Å². The van der Waals surface area contributed by atoms with Crippen molar-refractivity contribution in [2.75, 3.05) is 12.0 Å². The fourth-order valence-electron chi connectivity index (χ4n) is 3.57. The van der Waals surface area contributed by atoms with Gasteiger partial charge in [-0.15, -0.1) is 0 Å². The zero-order valence-corrected chi connectivity index (χ0v) is 21.4. The molecular weight excluding hydrogens is 555 g/mol. The van der Waals surface area contributed by atoms with Crippen LogP contribution in [0.15, 0.2) is 64.6 Å². The highest BCUT2D eigenvalue weighted by Gasteiger charge is 2.37. The maximum Gasteiger partial charge on any atom is 0.335 e. The predicted octanol–water partition coefficient (Wildman–Crippen LogP) is 5.80. The molecule has 3 aromatic rings. The minimum atomic E-state index is -0.865. The molecule has 0 aliphatic carbocycles. The Morgan fingerprint density at radius 2 is 1.81 bits per heavy atom. The summed E-state index contributed by atoms with van der Waals surface area (Å²) in [6.07, 6.45) is 1.36. The Labute approximate surface area is 219 Å². The average Bonchev–Trinajstić information content (AvgIpc) is 2.84. The van der Waals surface area contributed by atoms with Crippen LogP contribution >= 0.6 is 27.5 Å². The van der Waals surface area contributed by atoms with Gasteiger partial charge >= 0.3 is 6.03 Å². The molecule has 0 aromatic heterocycles. The Kier molecular flexibility index (Phi) is 7.42. The van der Waals surface area contributed by atoms with E-state index in [2.05, 4.69) is 21.2 Å². The number of nitrogens with zero attached hydrogens (tertiary/aromatic N) is 1. The molecule has 4 amide bonds. The lowest BCUT2D eigenvalue weighted by Crippen LogP contribution is -2.54. The summed E-state index contributed by atoms with van der Waals surface area (Å²) in [6.45, 7) is 1.88. The summed E-state index contributed by atoms with van der Waals surface area (Å²) >= 11 is 9.50. The van der Waals surface area contributed by atoms with E-state index in [1.807, 2.05) is 0 Å². The number of ether oxygens (including phenoxy) is 2. The van der Waals surface area contributed by atoms with Crippen LogP contribution in [0.5, 0.6) is 11.5 Å². The first-order chi connectivity index (χ1) is 17.2. The topological polar surface area (TPSA) is 84.9 Å². The number of carbonyl (C=O) groups is 3. The van der Waals surface area contributed by atoms with Crippen LogP contribution in [0.2, 0.25) is 5.02 Å². The van der Waals surface area contributed by atoms with Crippen LogP contribution in [0, 0.1) is 12.7 Å². The number of carbonyl (C=O) groups excluding carboxylic acids is 3. The van der Waals surface area contributed by atoms with Gasteiger partial charge in [-0.05, 0) is 82.0 Å². The number of imide groups is 2. The number of rotatable bonds is 6. The molecule has 0 saturated carbocycles. The lowest BCUT2D eigenvalue weighted by molar-refractivity contribution is -0.122. The highest BCUT2D eigenvalue weighted by atomic mass is 79.9. The zero-order valence-electron chi connectivity index (χ0n) is 19.1. The van der Waals surface area contributed by atoms with Gasteiger partial charge in [0.1, 0.15) is 18.0 Å². The molecule has 10 heteroatoms. The van der Waals surface area contributed by atoms with E-state index in [0.29, 0.717) is 32.1 Å². The van der Waals surface area contributed by atoms with Crippen molar-refractivity contribution in [2.45, 2.75) is 13.5 Å². The number of hydrogen-bond donors (Lipinski definition) is 1. The fraction of sp³-hybridized carbons (Fsp3) is 0.115. The normalized spacial score (nSPS) is 14.8. The van der Waals surface area contributed by atoms with Crippen LogP contribution in [0.3, 0.4) is 0 Å². The first-order valence-corrected chi connectivity index (χ1v) is 11.8. The second-order valence-electron chi connectivity index (χ2n) is 7.84. The number of nitrogens with one attached hydrogen (secondary N) is 1. The first kappa shape index (κ1) is 25.4. The van der Waals surface area contributed by atoms with Crippen LogP contribution in [-0.2, 0) is 16.2 Å². The molecule has 0 bridgehead atoms. The summed E-state index contributed by atoms with van der Waals surface area (Å²) in [7, 11) is 1.45. The zero-order chi connectivity index (χ0) is 26.0. The van der Waals surface area contributed by atoms with Gasteiger partial charge in [-0.25, -0.2) is 14.1 Å². The van der Waals surface area contributed by atoms with Crippen molar-refractivity contribution in [1.82, 2.24) is 5.32 Å². The number of methoxy groups -OCH3 is 1. The Hall–Kier alpha value is -3.69. The highest BCUT2D eigenvalue weighted by Crippen LogP contribution is 2.38. The molecule has 1 heterocycles. The molecule has 0 atom stereocenters. The molecule has 36 heavy (non-hydrogen) atoms. The number of urea groups is 1. The predicted molar refractivity (Wildman–Crippen MR) is 137 cm³/mol. The average molecular weight is 574 g/mol. The van der Waals surface area contributed by atoms with Crippen molar-refractivity contribution in [1.29, 1.82) is 0 Å². The van der Waals surface area contributed by atoms with Crippen molar-refractivity contribution < 1.29 is 28.2 Å². The minimum absolute atomic E-state index is 0.159. The second kappa shape index (κ2) is 10.5. The molecule has 0 spiro atoms. The van der Waals surface area contributed by atoms with Crippen LogP contribution in [0.4, 0.5) is 14.9 Å². The number of aryl methyl sites for hydroxylation is 1. The van der Waals surface area contributed by atoms with Gasteiger partial charge in [-0.3, -0.25) is 14.9 Å². The summed E-state index contributed by atoms with van der Waals surface area (Å²) in [6, 6.07) is 13.0. The molecule has 1 saturated heterocycles. The SMILES string of the molecule is COc1cc(/C=C2\C(=O)NC(=O)N(c3cc(Cl)ccc3C)C2=O)cc(Br)c1OCc1ccc(F)cc1. The highest BCUT2D eigenvalue weighted by molar-refractivity contribution is 9.10. The summed E-state index contributed by atoms with van der Waals surface area (Å²) in [5, 5.41) is 2.53. The number of benzene rings is 3. The van der Waals surface area contributed by atoms with E-state index in [4.69, 9.17) is 21.1 Å². The molecule has 4 rings (SSSR count). The molecule has 0 radical (unpaired) electrons. The molecule has 184 valence electrons. The molecule has 0 unspecified atom stereocenters. The molecule has 1 fully saturated rings. The smallest absolute Gasteiger partial charge is 0.335 e. The van der Waals surface area contributed by atoms with E-state index in [-0.39, 0.29) is 23.7 Å². The largest absolute Gasteiger partial charge is 0.493 e. The van der Waals surface area contributed by atoms with Crippen LogP contribution in [-0.4, -0.2) is 25.0 Å². The Bertz CT molecular complexity index is 1410. The minimum Gasteiger partial charge on any atom is -0.493 e. The third kappa shape index (κ3) is 5.27. The van der Waals surface area contributed by atoms with E-state index in [1.165, 1.54) is 31.4 Å². The summed E-state index contributed by atoms with van der Waals surface area (Å²) in [4.78, 5) is 39.2. The molecule has 7 nitrogen and oxygen atoms in total. The van der Waals surface area contributed by atoms with Crippen LogP contribution in [0.25, 0.3) is 6.08 Å². The second-order valence-corrected chi connectivity index (χ2v) is 9.13. The molecular formula is C26H19BrClFN2O5. The maximum atomic E-state index is 13.2. The van der Waals surface area contributed by atoms with Gasteiger partial charge in [0.25, 0.3) is 11.8 Å². The maximum absolute atomic E-state index is 13.2. The van der Waals surface area contributed by atoms with E-state index in [0.717, 1.165) is 10.5 Å². The van der Waals surface area contributed by atoms with Gasteiger partial charge in [-0.1, -0.05) is 29.8 Å². The summed E-state index contributed by atoms with van der Waals surface area (Å²) in [5.74, 6) is -1.24. The molecule has 1 aliphatic rings. The number of amides is 4. The summed E-state index contributed by atoms with van der Waals surface area (Å²) in [5.41, 5.74) is 1.85. The van der Waals surface area contributed by atoms with Crippen molar-refractivity contribution in [2.24, 2.45) is 0 Å². The third-order valence-electron chi connectivity index (χ3n) is 5.37. The van der Waals surface area contributed by atoms with E-state index in [9.17, 15) is 18.8 Å². The van der Waals surface area contributed by atoms with Crippen molar-refractivity contribution in [3.8, 4) is 11.5 Å². The van der Waals surface area contributed by atoms with Gasteiger partial charge < -0.3 is 9.47 Å². The standard InChI is InChI=1S/C26H19BrClFN2O5/c1-14-3-6-17(28)12-21(14)31-25(33)19(24(32)30-26(31)34)9-16-10-20(27)23(22(11-16)35-2)36-13-15-4-7-18(29)8-5-15/h3-12H,13H2,1-2H3,(H,30,32,34)/b19-9+. The van der Waals surface area contributed by atoms with Gasteiger partial charge in [-0.2, -0.15) is 0 Å². The van der Waals surface area contributed by atoms with Gasteiger partial charge in [0, 0.05) is 5.02 Å². The lowest BCUT2D eigenvalue weighted by Gasteiger charge is -2.27. The van der Waals surface area contributed by atoms with Crippen molar-refractivity contribution >= 4 is 57.1 Å². The Balaban J connectivity index is 1.66. The number of hydrogen-bond acceptors (Lipinski definition) is 5. The number of halogens is 3. The van der Waals surface area contributed by atoms with Gasteiger partial charge in [0.15, 0.2) is 11.5 Å². The van der Waals surface area contributed by atoms with E-state index in [1.54, 1.807) is 43.3 Å².